The number of carbonyl (C=O) groups excluding carboxylic acids is 3. The average molecular weight is 441 g/mol. The van der Waals surface area contributed by atoms with E-state index in [0.717, 1.165) is 18.9 Å². The second kappa shape index (κ2) is 8.74. The van der Waals surface area contributed by atoms with Crippen LogP contribution in [0.1, 0.15) is 28.8 Å². The van der Waals surface area contributed by atoms with E-state index in [2.05, 4.69) is 10.6 Å². The summed E-state index contributed by atoms with van der Waals surface area (Å²) in [5.74, 6) is -1.82. The zero-order valence-electron chi connectivity index (χ0n) is 15.4. The number of hydrogen-bond acceptors (Lipinski definition) is 4. The molecule has 0 bridgehead atoms. The molecule has 6 nitrogen and oxygen atoms in total. The number of anilines is 2. The molecule has 2 amide bonds. The summed E-state index contributed by atoms with van der Waals surface area (Å²) in [7, 11) is 0. The summed E-state index contributed by atoms with van der Waals surface area (Å²) >= 11 is 5.58. The van der Waals surface area contributed by atoms with Gasteiger partial charge in [-0.2, -0.15) is 13.2 Å². The van der Waals surface area contributed by atoms with Crippen LogP contribution in [0, 0.1) is 5.92 Å². The van der Waals surface area contributed by atoms with Gasteiger partial charge in [-0.05, 0) is 55.3 Å². The molecular formula is C20H16ClF3N2O4. The number of benzene rings is 2. The van der Waals surface area contributed by atoms with Crippen molar-refractivity contribution in [3.63, 3.8) is 0 Å². The molecule has 0 saturated heterocycles. The van der Waals surface area contributed by atoms with E-state index in [9.17, 15) is 27.6 Å². The van der Waals surface area contributed by atoms with Crippen molar-refractivity contribution in [2.24, 2.45) is 5.92 Å². The molecule has 1 saturated carbocycles. The molecule has 1 fully saturated rings. The van der Waals surface area contributed by atoms with Gasteiger partial charge in [0.05, 0.1) is 16.8 Å². The zero-order chi connectivity index (χ0) is 21.9. The van der Waals surface area contributed by atoms with Gasteiger partial charge in [0.1, 0.15) is 0 Å². The van der Waals surface area contributed by atoms with Crippen molar-refractivity contribution in [1.29, 1.82) is 0 Å². The molecule has 2 aromatic carbocycles. The molecule has 0 radical (unpaired) electrons. The minimum Gasteiger partial charge on any atom is -0.452 e. The Morgan fingerprint density at radius 3 is 2.30 bits per heavy atom. The summed E-state index contributed by atoms with van der Waals surface area (Å²) < 4.78 is 44.0. The summed E-state index contributed by atoms with van der Waals surface area (Å²) in [5.41, 5.74) is -0.972. The quantitative estimate of drug-likeness (QED) is 0.648. The van der Waals surface area contributed by atoms with Gasteiger partial charge in [0.15, 0.2) is 6.61 Å². The molecule has 0 aliphatic heterocycles. The molecule has 2 N–H and O–H groups in total. The van der Waals surface area contributed by atoms with E-state index in [1.165, 1.54) is 30.3 Å². The fourth-order valence-corrected chi connectivity index (χ4v) is 2.71. The second-order valence-electron chi connectivity index (χ2n) is 6.65. The summed E-state index contributed by atoms with van der Waals surface area (Å²) in [6.45, 7) is -0.779. The Morgan fingerprint density at radius 1 is 1.03 bits per heavy atom. The lowest BCUT2D eigenvalue weighted by Crippen LogP contribution is -2.22. The van der Waals surface area contributed by atoms with Gasteiger partial charge < -0.3 is 15.4 Å². The molecule has 158 valence electrons. The van der Waals surface area contributed by atoms with Crippen molar-refractivity contribution in [2.75, 3.05) is 17.2 Å². The highest BCUT2D eigenvalue weighted by Gasteiger charge is 2.34. The fraction of sp³-hybridized carbons (Fsp3) is 0.250. The normalized spacial score (nSPS) is 13.5. The standard InChI is InChI=1S/C20H16ClF3N2O4/c21-13-5-8-16(15(9-13)20(22,23)24)26-17(27)10-30-19(29)12-3-6-14(7-4-12)25-18(28)11-1-2-11/h3-9,11H,1-2,10H2,(H,25,28)(H,26,27). The Labute approximate surface area is 174 Å². The van der Waals surface area contributed by atoms with E-state index >= 15 is 0 Å². The summed E-state index contributed by atoms with van der Waals surface area (Å²) in [4.78, 5) is 35.7. The SMILES string of the molecule is O=C(COC(=O)c1ccc(NC(=O)C2CC2)cc1)Nc1ccc(Cl)cc1C(F)(F)F. The van der Waals surface area contributed by atoms with Gasteiger partial charge in [-0.25, -0.2) is 4.79 Å². The third-order valence-corrected chi connectivity index (χ3v) is 4.47. The summed E-state index contributed by atoms with van der Waals surface area (Å²) in [6.07, 6.45) is -3.00. The lowest BCUT2D eigenvalue weighted by molar-refractivity contribution is -0.137. The number of halogens is 4. The smallest absolute Gasteiger partial charge is 0.418 e. The molecule has 0 atom stereocenters. The summed E-state index contributed by atoms with van der Waals surface area (Å²) in [6, 6.07) is 8.74. The van der Waals surface area contributed by atoms with Crippen molar-refractivity contribution in [3.05, 3.63) is 58.6 Å². The Kier molecular flexibility index (Phi) is 6.31. The number of ether oxygens (including phenoxy) is 1. The van der Waals surface area contributed by atoms with Crippen LogP contribution in [0.15, 0.2) is 42.5 Å². The van der Waals surface area contributed by atoms with E-state index in [-0.39, 0.29) is 22.4 Å². The molecule has 0 heterocycles. The van der Waals surface area contributed by atoms with Crippen LogP contribution in [0.2, 0.25) is 5.02 Å². The van der Waals surface area contributed by atoms with Gasteiger partial charge in [0, 0.05) is 16.6 Å². The number of nitrogens with one attached hydrogen (secondary N) is 2. The maximum Gasteiger partial charge on any atom is 0.418 e. The number of amides is 2. The Hall–Kier alpha value is -3.07. The van der Waals surface area contributed by atoms with Crippen LogP contribution in [-0.4, -0.2) is 24.4 Å². The Bertz CT molecular complexity index is 973. The van der Waals surface area contributed by atoms with E-state index in [1.807, 2.05) is 0 Å². The maximum absolute atomic E-state index is 13.1. The third-order valence-electron chi connectivity index (χ3n) is 4.23. The van der Waals surface area contributed by atoms with Crippen LogP contribution in [0.4, 0.5) is 24.5 Å². The highest BCUT2D eigenvalue weighted by atomic mass is 35.5. The van der Waals surface area contributed by atoms with Crippen molar-refractivity contribution in [1.82, 2.24) is 0 Å². The monoisotopic (exact) mass is 440 g/mol. The van der Waals surface area contributed by atoms with Crippen molar-refractivity contribution in [2.45, 2.75) is 19.0 Å². The molecular weight excluding hydrogens is 425 g/mol. The van der Waals surface area contributed by atoms with Gasteiger partial charge in [0.2, 0.25) is 5.91 Å². The molecule has 30 heavy (non-hydrogen) atoms. The molecule has 0 aromatic heterocycles. The fourth-order valence-electron chi connectivity index (χ4n) is 2.54. The van der Waals surface area contributed by atoms with Crippen molar-refractivity contribution >= 4 is 40.8 Å². The minimum atomic E-state index is -4.72. The van der Waals surface area contributed by atoms with Crippen LogP contribution in [0.3, 0.4) is 0 Å². The number of rotatable bonds is 6. The lowest BCUT2D eigenvalue weighted by atomic mass is 10.1. The molecule has 0 spiro atoms. The number of carbonyl (C=O) groups is 3. The van der Waals surface area contributed by atoms with Crippen molar-refractivity contribution < 1.29 is 32.3 Å². The largest absolute Gasteiger partial charge is 0.452 e. The molecule has 10 heteroatoms. The maximum atomic E-state index is 13.1. The molecule has 2 aromatic rings. The van der Waals surface area contributed by atoms with Gasteiger partial charge in [0.25, 0.3) is 5.91 Å². The highest BCUT2D eigenvalue weighted by molar-refractivity contribution is 6.30. The van der Waals surface area contributed by atoms with Crippen LogP contribution >= 0.6 is 11.6 Å². The second-order valence-corrected chi connectivity index (χ2v) is 7.09. The van der Waals surface area contributed by atoms with Crippen LogP contribution in [0.25, 0.3) is 0 Å². The third kappa shape index (κ3) is 5.73. The number of hydrogen-bond donors (Lipinski definition) is 2. The molecule has 1 aliphatic carbocycles. The van der Waals surface area contributed by atoms with E-state index in [0.29, 0.717) is 11.8 Å². The first kappa shape index (κ1) is 21.6. The molecule has 1 aliphatic rings. The van der Waals surface area contributed by atoms with Gasteiger partial charge >= 0.3 is 12.1 Å². The highest BCUT2D eigenvalue weighted by Crippen LogP contribution is 2.36. The van der Waals surface area contributed by atoms with E-state index in [4.69, 9.17) is 16.3 Å². The lowest BCUT2D eigenvalue weighted by Gasteiger charge is -2.14. The van der Waals surface area contributed by atoms with E-state index in [1.54, 1.807) is 0 Å². The molecule has 0 unspecified atom stereocenters. The first-order valence-corrected chi connectivity index (χ1v) is 9.26. The number of esters is 1. The first-order chi connectivity index (χ1) is 14.1. The number of alkyl halides is 3. The predicted molar refractivity (Wildman–Crippen MR) is 103 cm³/mol. The van der Waals surface area contributed by atoms with Crippen LogP contribution in [-0.2, 0) is 20.5 Å². The van der Waals surface area contributed by atoms with Crippen LogP contribution in [0.5, 0.6) is 0 Å². The minimum absolute atomic E-state index is 0.0339. The average Bonchev–Trinajstić information content (AvgIpc) is 3.53. The zero-order valence-corrected chi connectivity index (χ0v) is 16.1. The van der Waals surface area contributed by atoms with Gasteiger partial charge in [-0.1, -0.05) is 11.6 Å². The first-order valence-electron chi connectivity index (χ1n) is 8.88. The topological polar surface area (TPSA) is 84.5 Å². The van der Waals surface area contributed by atoms with Gasteiger partial charge in [-0.15, -0.1) is 0 Å². The van der Waals surface area contributed by atoms with Crippen molar-refractivity contribution in [3.8, 4) is 0 Å². The predicted octanol–water partition coefficient (Wildman–Crippen LogP) is 4.50. The van der Waals surface area contributed by atoms with E-state index < -0.39 is 35.9 Å². The molecule has 3 rings (SSSR count). The van der Waals surface area contributed by atoms with Gasteiger partial charge in [-0.3, -0.25) is 9.59 Å². The summed E-state index contributed by atoms with van der Waals surface area (Å²) in [5, 5.41) is 4.63. The Balaban J connectivity index is 1.54. The Morgan fingerprint density at radius 2 is 1.70 bits per heavy atom. The van der Waals surface area contributed by atoms with Crippen LogP contribution < -0.4 is 10.6 Å².